The third-order valence-electron chi connectivity index (χ3n) is 4.23. The van der Waals surface area contributed by atoms with Crippen LogP contribution in [0, 0.1) is 0 Å². The van der Waals surface area contributed by atoms with Crippen LogP contribution < -0.4 is 9.32 Å². The molecular formula is C16H21NO3S2. The fraction of sp³-hybridized carbons (Fsp3) is 0.500. The number of hydrogen-bond donors (Lipinski definition) is 1. The molecule has 0 unspecified atom stereocenters. The first-order chi connectivity index (χ1) is 10.5. The van der Waals surface area contributed by atoms with Crippen molar-refractivity contribution in [2.75, 3.05) is 0 Å². The van der Waals surface area contributed by atoms with Crippen LogP contribution in [0.3, 0.4) is 0 Å². The van der Waals surface area contributed by atoms with Crippen LogP contribution in [0.1, 0.15) is 55.7 Å². The molecule has 2 aromatic rings. The van der Waals surface area contributed by atoms with Gasteiger partial charge in [0, 0.05) is 9.58 Å². The Morgan fingerprint density at radius 3 is 2.41 bits per heavy atom. The highest BCUT2D eigenvalue weighted by Gasteiger charge is 2.16. The molecule has 3 rings (SSSR count). The molecule has 0 spiro atoms. The van der Waals surface area contributed by atoms with Gasteiger partial charge in [-0.1, -0.05) is 32.1 Å². The fourth-order valence-corrected chi connectivity index (χ4v) is 4.79. The van der Waals surface area contributed by atoms with Crippen molar-refractivity contribution in [3.8, 4) is 5.75 Å². The topological polar surface area (TPSA) is 69.4 Å². The summed E-state index contributed by atoms with van der Waals surface area (Å²) < 4.78 is 27.8. The minimum Gasteiger partial charge on any atom is -0.371 e. The second-order valence-corrected chi connectivity index (χ2v) is 8.23. The highest BCUT2D eigenvalue weighted by atomic mass is 32.2. The Balaban J connectivity index is 1.85. The first-order valence-electron chi connectivity index (χ1n) is 7.77. The molecule has 2 N–H and O–H groups in total. The van der Waals surface area contributed by atoms with Gasteiger partial charge in [0.2, 0.25) is 0 Å². The molecule has 0 bridgehead atoms. The zero-order valence-corrected chi connectivity index (χ0v) is 14.1. The molecule has 0 radical (unpaired) electrons. The lowest BCUT2D eigenvalue weighted by molar-refractivity contribution is 0.460. The summed E-state index contributed by atoms with van der Waals surface area (Å²) in [4.78, 5) is 1.41. The molecule has 1 aliphatic carbocycles. The molecular weight excluding hydrogens is 318 g/mol. The van der Waals surface area contributed by atoms with Crippen LogP contribution in [0.25, 0.3) is 10.1 Å². The van der Waals surface area contributed by atoms with Gasteiger partial charge in [-0.15, -0.1) is 11.3 Å². The van der Waals surface area contributed by atoms with Gasteiger partial charge in [0.15, 0.2) is 0 Å². The first kappa shape index (κ1) is 15.8. The van der Waals surface area contributed by atoms with Crippen molar-refractivity contribution >= 4 is 31.7 Å². The van der Waals surface area contributed by atoms with E-state index in [1.807, 2.05) is 6.07 Å². The zero-order valence-electron chi connectivity index (χ0n) is 12.5. The molecule has 1 aromatic heterocycles. The van der Waals surface area contributed by atoms with Crippen molar-refractivity contribution < 1.29 is 12.6 Å². The molecule has 4 nitrogen and oxygen atoms in total. The summed E-state index contributed by atoms with van der Waals surface area (Å²) in [6, 6.07) is 7.56. The Kier molecular flexibility index (Phi) is 4.70. The summed E-state index contributed by atoms with van der Waals surface area (Å²) in [5, 5.41) is 6.06. The Hall–Kier alpha value is -1.11. The van der Waals surface area contributed by atoms with Gasteiger partial charge in [-0.3, -0.25) is 0 Å². The van der Waals surface area contributed by atoms with Crippen LogP contribution >= 0.6 is 11.3 Å². The lowest BCUT2D eigenvalue weighted by atomic mass is 9.90. The molecule has 22 heavy (non-hydrogen) atoms. The van der Waals surface area contributed by atoms with E-state index in [0.717, 1.165) is 10.1 Å². The van der Waals surface area contributed by atoms with E-state index in [9.17, 15) is 8.42 Å². The van der Waals surface area contributed by atoms with Crippen molar-refractivity contribution in [3.05, 3.63) is 29.1 Å². The van der Waals surface area contributed by atoms with Crippen LogP contribution in [0.15, 0.2) is 24.3 Å². The van der Waals surface area contributed by atoms with Crippen molar-refractivity contribution in [1.29, 1.82) is 0 Å². The van der Waals surface area contributed by atoms with Gasteiger partial charge in [0.05, 0.1) is 0 Å². The second-order valence-electron chi connectivity index (χ2n) is 5.97. The second kappa shape index (κ2) is 6.56. The van der Waals surface area contributed by atoms with Crippen molar-refractivity contribution in [3.63, 3.8) is 0 Å². The standard InChI is InChI=1S/C16H21NO3S2/c17-22(18,19)20-14-9-8-13-10-15(21-16(13)11-14)12-6-4-2-1-3-5-7-12/h8-12H,1-7H2,(H2,17,18,19). The number of thiophene rings is 1. The summed E-state index contributed by atoms with van der Waals surface area (Å²) >= 11 is 1.74. The van der Waals surface area contributed by atoms with Gasteiger partial charge >= 0.3 is 10.3 Å². The van der Waals surface area contributed by atoms with E-state index >= 15 is 0 Å². The van der Waals surface area contributed by atoms with Gasteiger partial charge in [-0.2, -0.15) is 13.6 Å². The fourth-order valence-electron chi connectivity index (χ4n) is 3.16. The third kappa shape index (κ3) is 4.00. The van der Waals surface area contributed by atoms with E-state index in [1.54, 1.807) is 23.5 Å². The van der Waals surface area contributed by atoms with Gasteiger partial charge in [0.25, 0.3) is 0 Å². The summed E-state index contributed by atoms with van der Waals surface area (Å²) in [5.41, 5.74) is 0. The van der Waals surface area contributed by atoms with Gasteiger partial charge < -0.3 is 4.18 Å². The van der Waals surface area contributed by atoms with Gasteiger partial charge in [-0.05, 0) is 48.4 Å². The maximum absolute atomic E-state index is 11.0. The van der Waals surface area contributed by atoms with E-state index in [1.165, 1.54) is 49.8 Å². The van der Waals surface area contributed by atoms with Crippen LogP contribution in [0.5, 0.6) is 5.75 Å². The van der Waals surface area contributed by atoms with Crippen LogP contribution in [-0.2, 0) is 10.3 Å². The van der Waals surface area contributed by atoms with Crippen molar-refractivity contribution in [2.24, 2.45) is 5.14 Å². The maximum atomic E-state index is 11.0. The predicted molar refractivity (Wildman–Crippen MR) is 90.6 cm³/mol. The van der Waals surface area contributed by atoms with Crippen molar-refractivity contribution in [1.82, 2.24) is 0 Å². The number of nitrogens with two attached hydrogens (primary N) is 1. The van der Waals surface area contributed by atoms with Crippen LogP contribution in [0.2, 0.25) is 0 Å². The zero-order chi connectivity index (χ0) is 15.6. The van der Waals surface area contributed by atoms with Gasteiger partial charge in [0.1, 0.15) is 5.75 Å². The minimum atomic E-state index is -3.96. The normalized spacial score (nSPS) is 18.0. The van der Waals surface area contributed by atoms with Crippen LogP contribution in [-0.4, -0.2) is 8.42 Å². The third-order valence-corrected chi connectivity index (χ3v) is 5.92. The Morgan fingerprint density at radius 2 is 1.73 bits per heavy atom. The molecule has 0 saturated heterocycles. The first-order valence-corrected chi connectivity index (χ1v) is 10.1. The SMILES string of the molecule is NS(=O)(=O)Oc1ccc2cc(C3CCCCCCC3)sc2c1. The molecule has 1 fully saturated rings. The summed E-state index contributed by atoms with van der Waals surface area (Å²) in [6.07, 6.45) is 9.17. The average molecular weight is 339 g/mol. The van der Waals surface area contributed by atoms with Gasteiger partial charge in [-0.25, -0.2) is 0 Å². The van der Waals surface area contributed by atoms with E-state index in [4.69, 9.17) is 9.32 Å². The molecule has 1 heterocycles. The monoisotopic (exact) mass is 339 g/mol. The molecule has 0 amide bonds. The molecule has 1 aromatic carbocycles. The Labute approximate surface area is 135 Å². The molecule has 120 valence electrons. The van der Waals surface area contributed by atoms with Crippen LogP contribution in [0.4, 0.5) is 0 Å². The molecule has 0 aliphatic heterocycles. The van der Waals surface area contributed by atoms with Crippen molar-refractivity contribution in [2.45, 2.75) is 50.9 Å². The van der Waals surface area contributed by atoms with E-state index in [2.05, 4.69) is 6.07 Å². The lowest BCUT2D eigenvalue weighted by Gasteiger charge is -2.18. The number of hydrogen-bond acceptors (Lipinski definition) is 4. The summed E-state index contributed by atoms with van der Waals surface area (Å²) in [5.74, 6) is 0.918. The van der Waals surface area contributed by atoms with E-state index in [-0.39, 0.29) is 5.75 Å². The maximum Gasteiger partial charge on any atom is 0.380 e. The summed E-state index contributed by atoms with van der Waals surface area (Å²) in [6.45, 7) is 0. The van der Waals surface area contributed by atoms with E-state index < -0.39 is 10.3 Å². The minimum absolute atomic E-state index is 0.279. The highest BCUT2D eigenvalue weighted by Crippen LogP contribution is 2.38. The number of rotatable bonds is 3. The number of benzene rings is 1. The predicted octanol–water partition coefficient (Wildman–Crippen LogP) is 4.31. The number of fused-ring (bicyclic) bond motifs is 1. The summed E-state index contributed by atoms with van der Waals surface area (Å²) in [7, 11) is -3.96. The smallest absolute Gasteiger partial charge is 0.371 e. The van der Waals surface area contributed by atoms with E-state index in [0.29, 0.717) is 5.92 Å². The Morgan fingerprint density at radius 1 is 1.05 bits per heavy atom. The average Bonchev–Trinajstić information content (AvgIpc) is 2.79. The molecule has 6 heteroatoms. The molecule has 1 aliphatic rings. The molecule has 1 saturated carbocycles. The largest absolute Gasteiger partial charge is 0.380 e. The molecule has 0 atom stereocenters. The Bertz CT molecular complexity index is 744. The highest BCUT2D eigenvalue weighted by molar-refractivity contribution is 7.84. The lowest BCUT2D eigenvalue weighted by Crippen LogP contribution is -2.18. The quantitative estimate of drug-likeness (QED) is 0.906.